The number of piperidine rings is 1. The van der Waals surface area contributed by atoms with Crippen LogP contribution >= 0.6 is 0 Å². The smallest absolute Gasteiger partial charge is 0.236 e. The van der Waals surface area contributed by atoms with Crippen LogP contribution in [0.2, 0.25) is 0 Å². The summed E-state index contributed by atoms with van der Waals surface area (Å²) in [4.78, 5) is 21.7. The number of fused-ring (bicyclic) bond motifs is 2. The molecule has 2 aliphatic rings. The number of sulfonamides is 1. The van der Waals surface area contributed by atoms with Crippen LogP contribution in [0.25, 0.3) is 44.6 Å². The van der Waals surface area contributed by atoms with Crippen LogP contribution in [0.15, 0.2) is 55.2 Å². The van der Waals surface area contributed by atoms with E-state index in [4.69, 9.17) is 4.98 Å². The fourth-order valence-electron chi connectivity index (χ4n) is 5.42. The molecule has 1 aromatic carbocycles. The molecule has 0 bridgehead atoms. The maximum atomic E-state index is 12.4. The van der Waals surface area contributed by atoms with E-state index in [1.54, 1.807) is 18.5 Å². The molecule has 1 atom stereocenters. The Morgan fingerprint density at radius 3 is 2.81 bits per heavy atom. The summed E-state index contributed by atoms with van der Waals surface area (Å²) in [5.74, 6) is 0.569. The summed E-state index contributed by atoms with van der Waals surface area (Å²) < 4.78 is 28.4. The van der Waals surface area contributed by atoms with Gasteiger partial charge in [-0.2, -0.15) is 0 Å². The Labute approximate surface area is 213 Å². The number of H-pyrrole nitrogens is 1. The third kappa shape index (κ3) is 3.85. The number of benzene rings is 1. The van der Waals surface area contributed by atoms with Crippen molar-refractivity contribution < 1.29 is 8.42 Å². The van der Waals surface area contributed by atoms with Crippen molar-refractivity contribution in [2.45, 2.75) is 25.3 Å². The van der Waals surface area contributed by atoms with Gasteiger partial charge in [0.2, 0.25) is 10.0 Å². The molecule has 4 aromatic heterocycles. The number of aromatic nitrogens is 6. The molecule has 37 heavy (non-hydrogen) atoms. The van der Waals surface area contributed by atoms with Crippen molar-refractivity contribution in [1.29, 1.82) is 0 Å². The number of anilines is 1. The van der Waals surface area contributed by atoms with E-state index in [1.165, 1.54) is 4.31 Å². The lowest BCUT2D eigenvalue weighted by atomic mass is 10.1. The van der Waals surface area contributed by atoms with E-state index in [0.717, 1.165) is 59.2 Å². The summed E-state index contributed by atoms with van der Waals surface area (Å²) >= 11 is 0. The van der Waals surface area contributed by atoms with Gasteiger partial charge in [-0.1, -0.05) is 6.07 Å². The van der Waals surface area contributed by atoms with Gasteiger partial charge < -0.3 is 14.9 Å². The number of imidazole rings is 1. The van der Waals surface area contributed by atoms with Crippen molar-refractivity contribution >= 4 is 38.0 Å². The van der Waals surface area contributed by atoms with E-state index in [9.17, 15) is 8.42 Å². The first-order valence-electron chi connectivity index (χ1n) is 12.6. The van der Waals surface area contributed by atoms with Crippen LogP contribution in [0.1, 0.15) is 25.3 Å². The normalized spacial score (nSPS) is 19.7. The quantitative estimate of drug-likeness (QED) is 0.376. The Morgan fingerprint density at radius 2 is 1.97 bits per heavy atom. The van der Waals surface area contributed by atoms with Gasteiger partial charge in [-0.3, -0.25) is 4.31 Å². The molecule has 11 heteroatoms. The van der Waals surface area contributed by atoms with Crippen molar-refractivity contribution in [2.24, 2.45) is 0 Å². The lowest BCUT2D eigenvalue weighted by Crippen LogP contribution is -2.31. The number of nitrogens with one attached hydrogen (secondary N) is 2. The number of pyridine rings is 1. The Bertz CT molecular complexity index is 1740. The average molecular weight is 515 g/mol. The van der Waals surface area contributed by atoms with Crippen LogP contribution in [0.3, 0.4) is 0 Å². The molecule has 1 unspecified atom stereocenters. The van der Waals surface area contributed by atoms with Crippen molar-refractivity contribution in [3.05, 3.63) is 55.2 Å². The number of hydrogen-bond donors (Lipinski definition) is 2. The first-order valence-corrected chi connectivity index (χ1v) is 14.2. The SMILES string of the molecule is O=S1(=O)CCCN1c1cc(-c2cnc3[nH]cc(-c4ccc5ncn(C6CCCNC6)c5c4)c3n2)ccn1. The molecule has 0 radical (unpaired) electrons. The van der Waals surface area contributed by atoms with Crippen molar-refractivity contribution in [3.8, 4) is 22.4 Å². The topological polar surface area (TPSA) is 122 Å². The summed E-state index contributed by atoms with van der Waals surface area (Å²) in [5, 5.41) is 3.49. The summed E-state index contributed by atoms with van der Waals surface area (Å²) in [6, 6.07) is 10.3. The summed E-state index contributed by atoms with van der Waals surface area (Å²) in [5.41, 5.74) is 6.96. The molecule has 0 aliphatic carbocycles. The Hall–Kier alpha value is -3.83. The third-order valence-electron chi connectivity index (χ3n) is 7.33. The second kappa shape index (κ2) is 8.63. The second-order valence-corrected chi connectivity index (χ2v) is 11.7. The first-order chi connectivity index (χ1) is 18.1. The van der Waals surface area contributed by atoms with Crippen LogP contribution in [0.4, 0.5) is 5.82 Å². The first kappa shape index (κ1) is 22.4. The highest BCUT2D eigenvalue weighted by Crippen LogP contribution is 2.32. The molecule has 0 saturated carbocycles. The molecule has 0 amide bonds. The van der Waals surface area contributed by atoms with Gasteiger partial charge >= 0.3 is 0 Å². The third-order valence-corrected chi connectivity index (χ3v) is 9.17. The molecule has 188 valence electrons. The average Bonchev–Trinajstić information content (AvgIpc) is 3.64. The summed E-state index contributed by atoms with van der Waals surface area (Å²) in [6.07, 6.45) is 10.1. The molecule has 10 nitrogen and oxygen atoms in total. The number of rotatable bonds is 4. The van der Waals surface area contributed by atoms with Crippen molar-refractivity contribution in [2.75, 3.05) is 29.7 Å². The van der Waals surface area contributed by atoms with Crippen molar-refractivity contribution in [3.63, 3.8) is 0 Å². The van der Waals surface area contributed by atoms with Crippen LogP contribution in [-0.4, -0.2) is 63.3 Å². The molecule has 0 spiro atoms. The molecule has 7 rings (SSSR count). The predicted molar refractivity (Wildman–Crippen MR) is 143 cm³/mol. The summed E-state index contributed by atoms with van der Waals surface area (Å²) in [7, 11) is -3.31. The Balaban J connectivity index is 1.28. The fraction of sp³-hybridized carbons (Fsp3) is 0.308. The minimum absolute atomic E-state index is 0.151. The standard InChI is InChI=1S/C26H26N8O2S/c35-37(36)10-2-9-34(37)24-12-18(6-8-28-24)22-15-30-26-25(32-22)20(14-29-26)17-4-5-21-23(11-17)33(16-31-21)19-3-1-7-27-13-19/h4-6,8,11-12,14-16,19,27H,1-3,7,9-10,13H2,(H,29,30). The lowest BCUT2D eigenvalue weighted by Gasteiger charge is -2.24. The molecular weight excluding hydrogens is 488 g/mol. The molecule has 2 aliphatic heterocycles. The van der Waals surface area contributed by atoms with E-state index < -0.39 is 10.0 Å². The van der Waals surface area contributed by atoms with E-state index >= 15 is 0 Å². The van der Waals surface area contributed by atoms with Crippen LogP contribution < -0.4 is 9.62 Å². The molecule has 2 fully saturated rings. The highest BCUT2D eigenvalue weighted by molar-refractivity contribution is 7.93. The molecule has 6 heterocycles. The fourth-order valence-corrected chi connectivity index (χ4v) is 6.92. The summed E-state index contributed by atoms with van der Waals surface area (Å²) in [6.45, 7) is 2.46. The van der Waals surface area contributed by atoms with E-state index in [-0.39, 0.29) is 5.75 Å². The number of nitrogens with zero attached hydrogens (tertiary/aromatic N) is 6. The highest BCUT2D eigenvalue weighted by Gasteiger charge is 2.29. The van der Waals surface area contributed by atoms with Gasteiger partial charge in [0, 0.05) is 42.7 Å². The van der Waals surface area contributed by atoms with E-state index in [2.05, 4.69) is 48.0 Å². The molecule has 2 saturated heterocycles. The van der Waals surface area contributed by atoms with Crippen molar-refractivity contribution in [1.82, 2.24) is 34.8 Å². The van der Waals surface area contributed by atoms with Crippen LogP contribution in [-0.2, 0) is 10.0 Å². The van der Waals surface area contributed by atoms with Crippen LogP contribution in [0.5, 0.6) is 0 Å². The minimum Gasteiger partial charge on any atom is -0.344 e. The van der Waals surface area contributed by atoms with Gasteiger partial charge in [0.05, 0.1) is 35.0 Å². The monoisotopic (exact) mass is 514 g/mol. The van der Waals surface area contributed by atoms with Gasteiger partial charge in [-0.05, 0) is 55.6 Å². The molecule has 2 N–H and O–H groups in total. The zero-order valence-corrected chi connectivity index (χ0v) is 20.9. The zero-order valence-electron chi connectivity index (χ0n) is 20.1. The number of aromatic amines is 1. The van der Waals surface area contributed by atoms with Gasteiger partial charge in [-0.15, -0.1) is 0 Å². The van der Waals surface area contributed by atoms with E-state index in [0.29, 0.717) is 36.2 Å². The Morgan fingerprint density at radius 1 is 1.03 bits per heavy atom. The zero-order chi connectivity index (χ0) is 25.0. The van der Waals surface area contributed by atoms with Gasteiger partial charge in [0.25, 0.3) is 0 Å². The second-order valence-electron chi connectivity index (χ2n) is 9.65. The minimum atomic E-state index is -3.31. The lowest BCUT2D eigenvalue weighted by molar-refractivity contribution is 0.378. The Kier molecular flexibility index (Phi) is 5.22. The predicted octanol–water partition coefficient (Wildman–Crippen LogP) is 3.50. The van der Waals surface area contributed by atoms with Gasteiger partial charge in [0.15, 0.2) is 5.65 Å². The van der Waals surface area contributed by atoms with Gasteiger partial charge in [0.1, 0.15) is 11.3 Å². The van der Waals surface area contributed by atoms with E-state index in [1.807, 2.05) is 18.6 Å². The maximum Gasteiger partial charge on any atom is 0.236 e. The largest absolute Gasteiger partial charge is 0.344 e. The molecular formula is C26H26N8O2S. The van der Waals surface area contributed by atoms with Crippen LogP contribution in [0, 0.1) is 0 Å². The maximum absolute atomic E-state index is 12.4. The molecule has 5 aromatic rings. The van der Waals surface area contributed by atoms with Gasteiger partial charge in [-0.25, -0.2) is 28.4 Å². The number of hydrogen-bond acceptors (Lipinski definition) is 7. The highest BCUT2D eigenvalue weighted by atomic mass is 32.2.